The number of amides is 1. The van der Waals surface area contributed by atoms with Crippen LogP contribution in [0.15, 0.2) is 24.3 Å². The Bertz CT molecular complexity index is 507. The monoisotopic (exact) mass is 340 g/mol. The molecule has 1 N–H and O–H groups in total. The van der Waals surface area contributed by atoms with E-state index in [4.69, 9.17) is 16.3 Å². The number of nitrogens with zero attached hydrogens (tertiary/aromatic N) is 2. The number of halogens is 1. The molecule has 1 aliphatic heterocycles. The fraction of sp³-hybridized carbons (Fsp3) is 0.588. The molecule has 1 amide bonds. The van der Waals surface area contributed by atoms with E-state index in [-0.39, 0.29) is 18.4 Å². The van der Waals surface area contributed by atoms with E-state index in [1.54, 1.807) is 43.3 Å². The fourth-order valence-corrected chi connectivity index (χ4v) is 2.99. The number of ether oxygens (including phenoxy) is 1. The van der Waals surface area contributed by atoms with Crippen molar-refractivity contribution in [3.8, 4) is 5.75 Å². The number of aliphatic hydroxyl groups excluding tert-OH is 1. The third-order valence-corrected chi connectivity index (χ3v) is 4.27. The highest BCUT2D eigenvalue weighted by Gasteiger charge is 2.27. The molecule has 1 aliphatic rings. The number of hydrogen-bond acceptors (Lipinski definition) is 4. The van der Waals surface area contributed by atoms with Gasteiger partial charge in [-0.25, -0.2) is 0 Å². The second kappa shape index (κ2) is 8.52. The first-order valence-electron chi connectivity index (χ1n) is 7.95. The molecule has 2 rings (SSSR count). The van der Waals surface area contributed by atoms with Crippen LogP contribution >= 0.6 is 11.6 Å². The van der Waals surface area contributed by atoms with Crippen LogP contribution < -0.4 is 4.74 Å². The van der Waals surface area contributed by atoms with E-state index in [1.165, 1.54) is 0 Å². The Morgan fingerprint density at radius 3 is 2.78 bits per heavy atom. The molecule has 1 saturated heterocycles. The minimum absolute atomic E-state index is 0.0307. The van der Waals surface area contributed by atoms with E-state index in [0.717, 1.165) is 19.4 Å². The Balaban J connectivity index is 1.77. The molecule has 0 radical (unpaired) electrons. The summed E-state index contributed by atoms with van der Waals surface area (Å²) in [6.45, 7) is 2.36. The SMILES string of the molecule is CN(C)C(=O)C1CCCN(CC(O)COc2ccc(Cl)cc2)C1. The van der Waals surface area contributed by atoms with Crippen molar-refractivity contribution in [1.82, 2.24) is 9.80 Å². The topological polar surface area (TPSA) is 53.0 Å². The first-order valence-corrected chi connectivity index (χ1v) is 8.33. The molecule has 1 heterocycles. The highest BCUT2D eigenvalue weighted by Crippen LogP contribution is 2.19. The van der Waals surface area contributed by atoms with Crippen LogP contribution in [0.5, 0.6) is 5.75 Å². The van der Waals surface area contributed by atoms with Crippen molar-refractivity contribution >= 4 is 17.5 Å². The van der Waals surface area contributed by atoms with Gasteiger partial charge in [0.2, 0.25) is 5.91 Å². The second-order valence-corrected chi connectivity index (χ2v) is 6.69. The molecule has 0 saturated carbocycles. The maximum absolute atomic E-state index is 12.1. The van der Waals surface area contributed by atoms with Crippen molar-refractivity contribution in [2.75, 3.05) is 40.3 Å². The van der Waals surface area contributed by atoms with Gasteiger partial charge >= 0.3 is 0 Å². The third-order valence-electron chi connectivity index (χ3n) is 4.02. The number of aliphatic hydroxyl groups is 1. The van der Waals surface area contributed by atoms with Crippen LogP contribution in [0.1, 0.15) is 12.8 Å². The summed E-state index contributed by atoms with van der Waals surface area (Å²) in [5.74, 6) is 0.887. The lowest BCUT2D eigenvalue weighted by atomic mass is 9.96. The lowest BCUT2D eigenvalue weighted by molar-refractivity contribution is -0.135. The number of rotatable bonds is 6. The summed E-state index contributed by atoms with van der Waals surface area (Å²) in [4.78, 5) is 15.9. The minimum Gasteiger partial charge on any atom is -0.491 e. The van der Waals surface area contributed by atoms with Gasteiger partial charge in [-0.3, -0.25) is 9.69 Å². The lowest BCUT2D eigenvalue weighted by Gasteiger charge is -2.34. The highest BCUT2D eigenvalue weighted by atomic mass is 35.5. The summed E-state index contributed by atoms with van der Waals surface area (Å²) in [6.07, 6.45) is 1.32. The zero-order chi connectivity index (χ0) is 16.8. The van der Waals surface area contributed by atoms with Crippen molar-refractivity contribution in [2.24, 2.45) is 5.92 Å². The smallest absolute Gasteiger partial charge is 0.226 e. The Kier molecular flexibility index (Phi) is 6.69. The van der Waals surface area contributed by atoms with Crippen molar-refractivity contribution in [3.63, 3.8) is 0 Å². The average Bonchev–Trinajstić information content (AvgIpc) is 2.53. The van der Waals surface area contributed by atoms with Crippen molar-refractivity contribution < 1.29 is 14.6 Å². The van der Waals surface area contributed by atoms with Gasteiger partial charge in [-0.15, -0.1) is 0 Å². The first-order chi connectivity index (χ1) is 11.0. The van der Waals surface area contributed by atoms with Crippen LogP contribution in [-0.2, 0) is 4.79 Å². The standard InChI is InChI=1S/C17H25ClN2O3/c1-19(2)17(22)13-4-3-9-20(10-13)11-15(21)12-23-16-7-5-14(18)6-8-16/h5-8,13,15,21H,3-4,9-12H2,1-2H3. The van der Waals surface area contributed by atoms with Crippen LogP contribution in [0.4, 0.5) is 0 Å². The lowest BCUT2D eigenvalue weighted by Crippen LogP contribution is -2.46. The molecule has 2 atom stereocenters. The van der Waals surface area contributed by atoms with Gasteiger partial charge in [0.05, 0.1) is 5.92 Å². The Hall–Kier alpha value is -1.30. The predicted molar refractivity (Wildman–Crippen MR) is 90.8 cm³/mol. The van der Waals surface area contributed by atoms with Crippen LogP contribution in [0.2, 0.25) is 5.02 Å². The van der Waals surface area contributed by atoms with Crippen molar-refractivity contribution in [1.29, 1.82) is 0 Å². The molecule has 1 aromatic rings. The van der Waals surface area contributed by atoms with Crippen LogP contribution in [0, 0.1) is 5.92 Å². The number of hydrogen-bond donors (Lipinski definition) is 1. The first kappa shape index (κ1) is 18.0. The summed E-state index contributed by atoms with van der Waals surface area (Å²) >= 11 is 5.82. The summed E-state index contributed by atoms with van der Waals surface area (Å²) in [7, 11) is 3.58. The summed E-state index contributed by atoms with van der Waals surface area (Å²) < 4.78 is 5.57. The molecule has 1 aromatic carbocycles. The number of likely N-dealkylation sites (tertiary alicyclic amines) is 1. The number of β-amino-alcohol motifs (C(OH)–C–C–N with tert-alkyl or cyclic N) is 1. The van der Waals surface area contributed by atoms with E-state index in [0.29, 0.717) is 23.9 Å². The molecule has 0 spiro atoms. The van der Waals surface area contributed by atoms with E-state index >= 15 is 0 Å². The number of carbonyl (C=O) groups excluding carboxylic acids is 1. The van der Waals surface area contributed by atoms with Gasteiger partial charge in [0.15, 0.2) is 0 Å². The number of carbonyl (C=O) groups is 1. The fourth-order valence-electron chi connectivity index (χ4n) is 2.86. The summed E-state index contributed by atoms with van der Waals surface area (Å²) in [6, 6.07) is 7.07. The van der Waals surface area contributed by atoms with Crippen LogP contribution in [-0.4, -0.2) is 67.3 Å². The molecule has 6 heteroatoms. The van der Waals surface area contributed by atoms with E-state index < -0.39 is 6.10 Å². The maximum Gasteiger partial charge on any atom is 0.226 e. The van der Waals surface area contributed by atoms with E-state index in [2.05, 4.69) is 4.90 Å². The molecule has 2 unspecified atom stereocenters. The Morgan fingerprint density at radius 2 is 2.13 bits per heavy atom. The molecule has 0 bridgehead atoms. The average molecular weight is 341 g/mol. The van der Waals surface area contributed by atoms with Gasteiger partial charge in [-0.2, -0.15) is 0 Å². The molecule has 0 aromatic heterocycles. The highest BCUT2D eigenvalue weighted by molar-refractivity contribution is 6.30. The normalized spacial score (nSPS) is 20.1. The Labute approximate surface area is 142 Å². The largest absolute Gasteiger partial charge is 0.491 e. The molecule has 128 valence electrons. The maximum atomic E-state index is 12.1. The number of piperidine rings is 1. The molecular weight excluding hydrogens is 316 g/mol. The van der Waals surface area contributed by atoms with Gasteiger partial charge in [0.1, 0.15) is 18.5 Å². The van der Waals surface area contributed by atoms with Gasteiger partial charge in [0.25, 0.3) is 0 Å². The molecule has 1 fully saturated rings. The van der Waals surface area contributed by atoms with Crippen molar-refractivity contribution in [2.45, 2.75) is 18.9 Å². The van der Waals surface area contributed by atoms with Crippen LogP contribution in [0.3, 0.4) is 0 Å². The van der Waals surface area contributed by atoms with Gasteiger partial charge in [-0.05, 0) is 43.7 Å². The van der Waals surface area contributed by atoms with Gasteiger partial charge in [-0.1, -0.05) is 11.6 Å². The van der Waals surface area contributed by atoms with Gasteiger partial charge in [0, 0.05) is 32.2 Å². The van der Waals surface area contributed by atoms with E-state index in [1.807, 2.05) is 0 Å². The van der Waals surface area contributed by atoms with E-state index in [9.17, 15) is 9.90 Å². The number of benzene rings is 1. The Morgan fingerprint density at radius 1 is 1.43 bits per heavy atom. The minimum atomic E-state index is -0.584. The molecule has 5 nitrogen and oxygen atoms in total. The quantitative estimate of drug-likeness (QED) is 0.859. The third kappa shape index (κ3) is 5.68. The predicted octanol–water partition coefficient (Wildman–Crippen LogP) is 1.88. The van der Waals surface area contributed by atoms with Crippen molar-refractivity contribution in [3.05, 3.63) is 29.3 Å². The molecule has 23 heavy (non-hydrogen) atoms. The zero-order valence-electron chi connectivity index (χ0n) is 13.7. The van der Waals surface area contributed by atoms with Gasteiger partial charge < -0.3 is 14.7 Å². The molecule has 0 aliphatic carbocycles. The second-order valence-electron chi connectivity index (χ2n) is 6.25. The summed E-state index contributed by atoms with van der Waals surface area (Å²) in [5, 5.41) is 10.8. The zero-order valence-corrected chi connectivity index (χ0v) is 14.5. The van der Waals surface area contributed by atoms with Crippen LogP contribution in [0.25, 0.3) is 0 Å². The summed E-state index contributed by atoms with van der Waals surface area (Å²) in [5.41, 5.74) is 0. The molecular formula is C17H25ClN2O3.